The van der Waals surface area contributed by atoms with E-state index in [0.29, 0.717) is 11.7 Å². The van der Waals surface area contributed by atoms with Gasteiger partial charge in [0.2, 0.25) is 5.91 Å². The van der Waals surface area contributed by atoms with Crippen LogP contribution in [0.1, 0.15) is 40.5 Å². The van der Waals surface area contributed by atoms with Gasteiger partial charge in [-0.2, -0.15) is 0 Å². The summed E-state index contributed by atoms with van der Waals surface area (Å²) in [5.41, 5.74) is 2.41. The van der Waals surface area contributed by atoms with Crippen LogP contribution in [0.2, 0.25) is 0 Å². The van der Waals surface area contributed by atoms with Gasteiger partial charge < -0.3 is 10.6 Å². The molecule has 3 rings (SSSR count). The molecule has 2 aliphatic carbocycles. The molecule has 0 saturated heterocycles. The number of anilines is 2. The van der Waals surface area contributed by atoms with Crippen molar-refractivity contribution < 1.29 is 9.59 Å². The molecule has 2 fully saturated rings. The molecule has 0 spiro atoms. The average Bonchev–Trinajstić information content (AvgIpc) is 2.79. The molecule has 2 atom stereocenters. The fourth-order valence-electron chi connectivity index (χ4n) is 4.11. The second-order valence-corrected chi connectivity index (χ2v) is 7.48. The number of carbonyl (C=O) groups is 2. The van der Waals surface area contributed by atoms with Crippen LogP contribution in [0, 0.1) is 16.7 Å². The van der Waals surface area contributed by atoms with Gasteiger partial charge in [-0.25, -0.2) is 0 Å². The number of nitrogens with one attached hydrogen (secondary N) is 2. The lowest BCUT2D eigenvalue weighted by atomic mass is 9.70. The molecule has 2 aliphatic rings. The van der Waals surface area contributed by atoms with Crippen molar-refractivity contribution in [1.29, 1.82) is 0 Å². The average molecular weight is 312 g/mol. The van der Waals surface area contributed by atoms with E-state index >= 15 is 0 Å². The summed E-state index contributed by atoms with van der Waals surface area (Å²) < 4.78 is 0. The minimum atomic E-state index is -0.222. The Labute approximate surface area is 137 Å². The van der Waals surface area contributed by atoms with E-state index in [0.717, 1.165) is 29.8 Å². The van der Waals surface area contributed by atoms with E-state index in [1.807, 2.05) is 30.5 Å². The highest BCUT2D eigenvalue weighted by molar-refractivity contribution is 6.04. The number of hydrogen-bond acceptors (Lipinski definition) is 3. The number of hydrogen-bond donors (Lipinski definition) is 2. The molecule has 0 radical (unpaired) electrons. The fourth-order valence-corrected chi connectivity index (χ4v) is 4.11. The van der Waals surface area contributed by atoms with E-state index in [2.05, 4.69) is 31.4 Å². The summed E-state index contributed by atoms with van der Waals surface area (Å²) in [4.78, 5) is 23.8. The maximum absolute atomic E-state index is 12.7. The topological polar surface area (TPSA) is 58.2 Å². The van der Waals surface area contributed by atoms with Crippen LogP contribution in [0.5, 0.6) is 0 Å². The van der Waals surface area contributed by atoms with E-state index in [9.17, 15) is 9.59 Å². The van der Waals surface area contributed by atoms with Crippen molar-refractivity contribution in [3.05, 3.63) is 36.0 Å². The molecular weight excluding hydrogens is 288 g/mol. The molecule has 122 valence electrons. The highest BCUT2D eigenvalue weighted by atomic mass is 16.1. The summed E-state index contributed by atoms with van der Waals surface area (Å²) in [6.07, 6.45) is 3.96. The van der Waals surface area contributed by atoms with Crippen LogP contribution in [0.15, 0.2) is 36.0 Å². The van der Waals surface area contributed by atoms with Gasteiger partial charge in [-0.05, 0) is 48.4 Å². The number of Topliss-reactive ketones (excluding diaryl/α,β-unsaturated/α-hetero) is 1. The molecule has 2 saturated carbocycles. The minimum absolute atomic E-state index is 0.0346. The zero-order chi connectivity index (χ0) is 16.8. The largest absolute Gasteiger partial charge is 0.361 e. The Morgan fingerprint density at radius 3 is 2.30 bits per heavy atom. The van der Waals surface area contributed by atoms with E-state index in [4.69, 9.17) is 0 Å². The fraction of sp³-hybridized carbons (Fsp3) is 0.474. The normalized spacial score (nSPS) is 29.8. The molecule has 0 heterocycles. The molecule has 1 amide bonds. The lowest BCUT2D eigenvalue weighted by molar-refractivity contribution is -0.125. The number of ketones is 1. The van der Waals surface area contributed by atoms with Crippen molar-refractivity contribution in [2.75, 3.05) is 10.6 Å². The zero-order valence-corrected chi connectivity index (χ0v) is 14.2. The summed E-state index contributed by atoms with van der Waals surface area (Å²) in [6, 6.07) is 7.48. The third-order valence-corrected chi connectivity index (χ3v) is 5.96. The highest BCUT2D eigenvalue weighted by Gasteiger charge is 2.63. The van der Waals surface area contributed by atoms with Gasteiger partial charge in [0.1, 0.15) is 0 Å². The van der Waals surface area contributed by atoms with Crippen LogP contribution in [0.3, 0.4) is 0 Å². The smallest absolute Gasteiger partial charge is 0.221 e. The monoisotopic (exact) mass is 312 g/mol. The lowest BCUT2D eigenvalue weighted by Crippen LogP contribution is -2.32. The van der Waals surface area contributed by atoms with Crippen molar-refractivity contribution >= 4 is 23.1 Å². The van der Waals surface area contributed by atoms with Crippen molar-refractivity contribution in [3.8, 4) is 0 Å². The summed E-state index contributed by atoms with van der Waals surface area (Å²) in [7, 11) is 0. The van der Waals surface area contributed by atoms with Gasteiger partial charge in [-0.1, -0.05) is 20.8 Å². The predicted molar refractivity (Wildman–Crippen MR) is 92.1 cm³/mol. The maximum atomic E-state index is 12.7. The van der Waals surface area contributed by atoms with Gasteiger partial charge in [0.25, 0.3) is 0 Å². The van der Waals surface area contributed by atoms with Crippen LogP contribution in [-0.2, 0) is 9.59 Å². The Bertz CT molecular complexity index is 688. The van der Waals surface area contributed by atoms with Crippen LogP contribution in [0.4, 0.5) is 11.4 Å². The second kappa shape index (κ2) is 5.22. The Hall–Kier alpha value is -2.10. The first-order valence-electron chi connectivity index (χ1n) is 8.15. The summed E-state index contributed by atoms with van der Waals surface area (Å²) in [5, 5.41) is 5.98. The molecule has 0 aliphatic heterocycles. The van der Waals surface area contributed by atoms with Gasteiger partial charge in [-0.15, -0.1) is 0 Å². The Kier molecular flexibility index (Phi) is 3.58. The standard InChI is InChI=1S/C19H24N2O2/c1-12(22)21-14-7-5-13(6-8-14)20-11-15-16-9-10-19(4,17(15)23)18(16,2)3/h5-8,11,16,20H,9-10H2,1-4H3,(H,21,22)/b15-11+/t16-,19-/m1/s1. The molecule has 23 heavy (non-hydrogen) atoms. The van der Waals surface area contributed by atoms with Crippen LogP contribution >= 0.6 is 0 Å². The third kappa shape index (κ3) is 2.37. The lowest BCUT2D eigenvalue weighted by Gasteiger charge is -2.31. The molecule has 1 aromatic rings. The van der Waals surface area contributed by atoms with Gasteiger partial charge in [0, 0.05) is 35.5 Å². The molecule has 0 unspecified atom stereocenters. The molecule has 1 aromatic carbocycles. The number of benzene rings is 1. The molecule has 2 bridgehead atoms. The molecule has 2 N–H and O–H groups in total. The van der Waals surface area contributed by atoms with E-state index in [1.165, 1.54) is 6.92 Å². The quantitative estimate of drug-likeness (QED) is 0.830. The van der Waals surface area contributed by atoms with E-state index in [1.54, 1.807) is 0 Å². The third-order valence-electron chi connectivity index (χ3n) is 5.96. The van der Waals surface area contributed by atoms with Crippen molar-refractivity contribution in [2.24, 2.45) is 16.7 Å². The van der Waals surface area contributed by atoms with Gasteiger partial charge in [0.05, 0.1) is 0 Å². The number of carbonyl (C=O) groups excluding carboxylic acids is 2. The van der Waals surface area contributed by atoms with E-state index < -0.39 is 0 Å². The number of rotatable bonds is 3. The van der Waals surface area contributed by atoms with Crippen LogP contribution < -0.4 is 10.6 Å². The van der Waals surface area contributed by atoms with Gasteiger partial charge in [-0.3, -0.25) is 9.59 Å². The Morgan fingerprint density at radius 1 is 1.17 bits per heavy atom. The first-order valence-corrected chi connectivity index (χ1v) is 8.15. The number of fused-ring (bicyclic) bond motifs is 2. The summed E-state index contributed by atoms with van der Waals surface area (Å²) >= 11 is 0. The summed E-state index contributed by atoms with van der Waals surface area (Å²) in [6.45, 7) is 8.02. The molecule has 0 aromatic heterocycles. The Morgan fingerprint density at radius 2 is 1.78 bits per heavy atom. The van der Waals surface area contributed by atoms with Crippen LogP contribution in [0.25, 0.3) is 0 Å². The van der Waals surface area contributed by atoms with Gasteiger partial charge >= 0.3 is 0 Å². The Balaban J connectivity index is 1.76. The first-order chi connectivity index (χ1) is 10.8. The van der Waals surface area contributed by atoms with Crippen molar-refractivity contribution in [1.82, 2.24) is 0 Å². The predicted octanol–water partition coefficient (Wildman–Crippen LogP) is 3.97. The van der Waals surface area contributed by atoms with Crippen LogP contribution in [-0.4, -0.2) is 11.7 Å². The molecule has 4 nitrogen and oxygen atoms in total. The van der Waals surface area contributed by atoms with E-state index in [-0.39, 0.29) is 16.7 Å². The second-order valence-electron chi connectivity index (χ2n) is 7.48. The molecule has 4 heteroatoms. The number of allylic oxidation sites excluding steroid dienone is 1. The van der Waals surface area contributed by atoms with Gasteiger partial charge in [0.15, 0.2) is 5.78 Å². The SMILES string of the molecule is CC(=O)Nc1ccc(N/C=C2/C(=O)[C@@]3(C)CC[C@H]2C3(C)C)cc1. The minimum Gasteiger partial charge on any atom is -0.361 e. The number of amides is 1. The van der Waals surface area contributed by atoms with Crippen molar-refractivity contribution in [2.45, 2.75) is 40.5 Å². The highest BCUT2D eigenvalue weighted by Crippen LogP contribution is 2.65. The zero-order valence-electron chi connectivity index (χ0n) is 14.2. The summed E-state index contributed by atoms with van der Waals surface area (Å²) in [5.74, 6) is 0.545. The van der Waals surface area contributed by atoms with Crippen molar-refractivity contribution in [3.63, 3.8) is 0 Å². The maximum Gasteiger partial charge on any atom is 0.221 e. The first kappa shape index (κ1) is 15.8. The molecular formula is C19H24N2O2.